The predicted molar refractivity (Wildman–Crippen MR) is 231 cm³/mol. The van der Waals surface area contributed by atoms with Crippen LogP contribution < -0.4 is 26.6 Å². The zero-order chi connectivity index (χ0) is 40.3. The lowest BCUT2D eigenvalue weighted by molar-refractivity contribution is -0.123. The van der Waals surface area contributed by atoms with E-state index in [1.54, 1.807) is 6.92 Å². The van der Waals surface area contributed by atoms with E-state index < -0.39 is 0 Å². The van der Waals surface area contributed by atoms with Gasteiger partial charge < -0.3 is 31.7 Å². The first-order valence-corrected chi connectivity index (χ1v) is 19.7. The first-order valence-electron chi connectivity index (χ1n) is 18.4. The van der Waals surface area contributed by atoms with Gasteiger partial charge in [0.25, 0.3) is 6.47 Å². The zero-order valence-electron chi connectivity index (χ0n) is 34.8. The Morgan fingerprint density at radius 2 is 1.61 bits per heavy atom. The van der Waals surface area contributed by atoms with Crippen LogP contribution in [0.4, 0.5) is 5.69 Å². The highest BCUT2D eigenvalue weighted by molar-refractivity contribution is 7.99. The Bertz CT molecular complexity index is 1000. The summed E-state index contributed by atoms with van der Waals surface area (Å²) in [5.74, 6) is 1.74. The van der Waals surface area contributed by atoms with Crippen LogP contribution in [0, 0.1) is 5.92 Å². The summed E-state index contributed by atoms with van der Waals surface area (Å²) in [6.07, 6.45) is 19.5. The van der Waals surface area contributed by atoms with Crippen LogP contribution in [0.1, 0.15) is 107 Å². The van der Waals surface area contributed by atoms with E-state index >= 15 is 0 Å². The maximum Gasteiger partial charge on any atom is 0.290 e. The van der Waals surface area contributed by atoms with Gasteiger partial charge in [-0.3, -0.25) is 9.59 Å². The zero-order valence-corrected chi connectivity index (χ0v) is 35.6. The van der Waals surface area contributed by atoms with Gasteiger partial charge in [0.2, 0.25) is 5.91 Å². The molecule has 296 valence electrons. The largest absolute Gasteiger partial charge is 0.483 e. The van der Waals surface area contributed by atoms with E-state index in [0.717, 1.165) is 55.0 Å². The molecular formula is C42H79N5O3S. The van der Waals surface area contributed by atoms with Crippen LogP contribution in [0.2, 0.25) is 0 Å². The summed E-state index contributed by atoms with van der Waals surface area (Å²) >= 11 is 1.91. The van der Waals surface area contributed by atoms with Crippen molar-refractivity contribution in [2.24, 2.45) is 5.92 Å². The second-order valence-corrected chi connectivity index (χ2v) is 13.2. The van der Waals surface area contributed by atoms with Crippen LogP contribution in [-0.2, 0) is 16.0 Å². The average molecular weight is 734 g/mol. The standard InChI is InChI=1S/C12H18N2O.C10H18N2.C7H10S.C6H15N.C4H10.C2H6.CH2O2/c1-9(14-10(2)15)8-11-4-6-12(13-3)7-5-11;1-4-5-6-7-8-9-12-10(2)11-3;1-8-7-5-3-2-4-6-7;1-4-5-7-6(2)3;1-4(2)3;1-2;2-1-3/h4-7,9,13H,8H2,1-3H3,(H,14,15);5,11-12H,1-2,6-9H2,3H3;2-5,7H,6H2,1H3;6-7H,4-5H2,1-3H3;4H,1-3H3;1-2H3;1H,(H,2,3). The second kappa shape index (κ2) is 46.6. The second-order valence-electron chi connectivity index (χ2n) is 12.1. The van der Waals surface area contributed by atoms with E-state index in [0.29, 0.717) is 6.04 Å². The minimum atomic E-state index is -0.250. The van der Waals surface area contributed by atoms with Gasteiger partial charge in [-0.25, -0.2) is 0 Å². The number of hydrogen-bond donors (Lipinski definition) is 6. The van der Waals surface area contributed by atoms with E-state index in [4.69, 9.17) is 9.90 Å². The number of unbranched alkanes of at least 4 members (excludes halogenated alkanes) is 2. The lowest BCUT2D eigenvalue weighted by atomic mass is 10.1. The number of nitrogens with one attached hydrogen (secondary N) is 5. The summed E-state index contributed by atoms with van der Waals surface area (Å²) in [7, 11) is 3.75. The molecule has 2 atom stereocenters. The molecule has 6 N–H and O–H groups in total. The molecule has 2 rings (SSSR count). The van der Waals surface area contributed by atoms with Gasteiger partial charge in [0, 0.05) is 50.6 Å². The van der Waals surface area contributed by atoms with Crippen LogP contribution in [-0.4, -0.2) is 68.3 Å². The molecule has 1 aromatic rings. The van der Waals surface area contributed by atoms with Crippen molar-refractivity contribution >= 4 is 29.8 Å². The number of carbonyl (C=O) groups is 2. The third-order valence-corrected chi connectivity index (χ3v) is 6.80. The lowest BCUT2D eigenvalue weighted by Gasteiger charge is -2.12. The number of thioether (sulfide) groups is 1. The van der Waals surface area contributed by atoms with Crippen LogP contribution in [0.25, 0.3) is 0 Å². The molecule has 1 aromatic carbocycles. The van der Waals surface area contributed by atoms with E-state index in [9.17, 15) is 4.79 Å². The van der Waals surface area contributed by atoms with Gasteiger partial charge in [-0.05, 0) is 87.9 Å². The van der Waals surface area contributed by atoms with Gasteiger partial charge in [0.05, 0.1) is 5.82 Å². The van der Waals surface area contributed by atoms with Crippen LogP contribution in [0.5, 0.6) is 0 Å². The maximum atomic E-state index is 10.8. The van der Waals surface area contributed by atoms with Gasteiger partial charge >= 0.3 is 0 Å². The van der Waals surface area contributed by atoms with Crippen LogP contribution in [0.3, 0.4) is 0 Å². The molecule has 0 aliphatic heterocycles. The molecule has 0 saturated heterocycles. The highest BCUT2D eigenvalue weighted by atomic mass is 32.2. The fourth-order valence-corrected chi connectivity index (χ4v) is 4.08. The molecule has 9 heteroatoms. The van der Waals surface area contributed by atoms with Gasteiger partial charge in [-0.2, -0.15) is 11.8 Å². The predicted octanol–water partition coefficient (Wildman–Crippen LogP) is 9.59. The Morgan fingerprint density at radius 1 is 1.04 bits per heavy atom. The van der Waals surface area contributed by atoms with E-state index in [-0.39, 0.29) is 18.4 Å². The molecule has 2 unspecified atom stereocenters. The molecular weight excluding hydrogens is 655 g/mol. The van der Waals surface area contributed by atoms with Gasteiger partial charge in [-0.1, -0.05) is 105 Å². The molecule has 0 radical (unpaired) electrons. The number of allylic oxidation sites excluding steroid dienone is 4. The topological polar surface area (TPSA) is 115 Å². The molecule has 0 heterocycles. The van der Waals surface area contributed by atoms with Gasteiger partial charge in [0.15, 0.2) is 0 Å². The minimum absolute atomic E-state index is 0.0225. The Labute approximate surface area is 319 Å². The molecule has 0 spiro atoms. The van der Waals surface area contributed by atoms with Gasteiger partial charge in [0.1, 0.15) is 0 Å². The quantitative estimate of drug-likeness (QED) is 0.0600. The molecule has 0 fully saturated rings. The number of carboxylic acid groups (broad SMARTS) is 1. The summed E-state index contributed by atoms with van der Waals surface area (Å²) < 4.78 is 0. The summed E-state index contributed by atoms with van der Waals surface area (Å²) in [4.78, 5) is 19.2. The fraction of sp³-hybridized carbons (Fsp3) is 0.595. The number of carbonyl (C=O) groups excluding carboxylic acids is 1. The van der Waals surface area contributed by atoms with Crippen molar-refractivity contribution < 1.29 is 14.7 Å². The average Bonchev–Trinajstić information content (AvgIpc) is 3.11. The SMILES string of the molecule is C=C=CCCCCNC(=C)NC.CC.CC(C)C.CCCNC(C)C.CNc1ccc(CC(C)NC(C)=O)cc1.CSC1C=CC=CC1.O=CO. The first kappa shape index (κ1) is 57.0. The third-order valence-electron chi connectivity index (χ3n) is 5.84. The van der Waals surface area contributed by atoms with Gasteiger partial charge in [-0.15, -0.1) is 5.73 Å². The number of benzene rings is 1. The van der Waals surface area contributed by atoms with E-state index in [1.165, 1.54) is 24.8 Å². The van der Waals surface area contributed by atoms with Crippen molar-refractivity contribution in [2.45, 2.75) is 125 Å². The van der Waals surface area contributed by atoms with Crippen molar-refractivity contribution in [2.75, 3.05) is 38.8 Å². The van der Waals surface area contributed by atoms with Crippen molar-refractivity contribution in [3.63, 3.8) is 0 Å². The molecule has 0 saturated carbocycles. The molecule has 51 heavy (non-hydrogen) atoms. The van der Waals surface area contributed by atoms with E-state index in [2.05, 4.69) is 130 Å². The third kappa shape index (κ3) is 56.2. The number of amides is 1. The monoisotopic (exact) mass is 734 g/mol. The Hall–Kier alpha value is -3.39. The summed E-state index contributed by atoms with van der Waals surface area (Å²) in [5.41, 5.74) is 5.09. The molecule has 1 aliphatic carbocycles. The van der Waals surface area contributed by atoms with Crippen molar-refractivity contribution in [3.8, 4) is 0 Å². The molecule has 0 aromatic heterocycles. The smallest absolute Gasteiger partial charge is 0.290 e. The summed E-state index contributed by atoms with van der Waals surface area (Å²) in [6, 6.07) is 9.06. The number of anilines is 1. The van der Waals surface area contributed by atoms with E-state index in [1.807, 2.05) is 64.8 Å². The number of hydrogen-bond acceptors (Lipinski definition) is 7. The molecule has 0 bridgehead atoms. The summed E-state index contributed by atoms with van der Waals surface area (Å²) in [6.45, 7) is 29.7. The van der Waals surface area contributed by atoms with Crippen LogP contribution in [0.15, 0.2) is 79.4 Å². The maximum absolute atomic E-state index is 10.8. The Balaban J connectivity index is -0.000000176. The highest BCUT2D eigenvalue weighted by Crippen LogP contribution is 2.15. The Kier molecular flexibility index (Phi) is 52.1. The fourth-order valence-electron chi connectivity index (χ4n) is 3.53. The molecule has 1 amide bonds. The minimum Gasteiger partial charge on any atom is -0.483 e. The summed E-state index contributed by atoms with van der Waals surface area (Å²) in [5, 5.41) is 22.9. The van der Waals surface area contributed by atoms with Crippen LogP contribution >= 0.6 is 11.8 Å². The first-order chi connectivity index (χ1) is 24.3. The normalized spacial score (nSPS) is 12.1. The molecule has 8 nitrogen and oxygen atoms in total. The van der Waals surface area contributed by atoms with Crippen molar-refractivity contribution in [1.82, 2.24) is 21.3 Å². The van der Waals surface area contributed by atoms with Crippen molar-refractivity contribution in [1.29, 1.82) is 0 Å². The van der Waals surface area contributed by atoms with Crippen molar-refractivity contribution in [3.05, 3.63) is 84.9 Å². The highest BCUT2D eigenvalue weighted by Gasteiger charge is 2.04. The lowest BCUT2D eigenvalue weighted by Crippen LogP contribution is -2.31. The Morgan fingerprint density at radius 3 is 1.96 bits per heavy atom. The number of rotatable bonds is 15. The molecule has 1 aliphatic rings.